The first-order valence-electron chi connectivity index (χ1n) is 7.46. The van der Waals surface area contributed by atoms with E-state index in [1.54, 1.807) is 0 Å². The van der Waals surface area contributed by atoms with Gasteiger partial charge in [0.15, 0.2) is 6.23 Å². The van der Waals surface area contributed by atoms with E-state index in [4.69, 9.17) is 26.1 Å². The zero-order valence-electron chi connectivity index (χ0n) is 13.6. The van der Waals surface area contributed by atoms with E-state index in [1.807, 2.05) is 0 Å². The van der Waals surface area contributed by atoms with Crippen LogP contribution < -0.4 is 16.5 Å². The van der Waals surface area contributed by atoms with Gasteiger partial charge < -0.3 is 41.2 Å². The molecule has 2 aliphatic rings. The van der Waals surface area contributed by atoms with Gasteiger partial charge in [0.2, 0.25) is 0 Å². The monoisotopic (exact) mass is 390 g/mol. The molecule has 0 saturated carbocycles. The number of fused-ring (bicyclic) bond motifs is 1. The Labute approximate surface area is 147 Å². The lowest BCUT2D eigenvalue weighted by atomic mass is 9.96. The fourth-order valence-electron chi connectivity index (χ4n) is 3.09. The van der Waals surface area contributed by atoms with Crippen LogP contribution in [0.2, 0.25) is 0 Å². The highest BCUT2D eigenvalue weighted by molar-refractivity contribution is 7.46. The molecular weight excluding hydrogens is 371 g/mol. The predicted octanol–water partition coefficient (Wildman–Crippen LogP) is -2.51. The summed E-state index contributed by atoms with van der Waals surface area (Å²) >= 11 is 0. The number of nitrogens with zero attached hydrogens (tertiary/aromatic N) is 4. The largest absolute Gasteiger partial charge is 0.469 e. The van der Waals surface area contributed by atoms with Crippen LogP contribution in [-0.2, 0) is 13.8 Å². The van der Waals surface area contributed by atoms with Crippen molar-refractivity contribution in [1.29, 1.82) is 0 Å². The molecule has 3 heterocycles. The summed E-state index contributed by atoms with van der Waals surface area (Å²) in [6.45, 7) is 0.776. The molecule has 4 atom stereocenters. The van der Waals surface area contributed by atoms with Crippen LogP contribution in [0, 0.1) is 0 Å². The molecule has 0 amide bonds. The number of aliphatic hydroxyl groups is 2. The average Bonchev–Trinajstić information content (AvgIpc) is 3.02. The van der Waals surface area contributed by atoms with E-state index >= 15 is 0 Å². The lowest BCUT2D eigenvalue weighted by Gasteiger charge is -2.33. The third-order valence-corrected chi connectivity index (χ3v) is 4.82. The van der Waals surface area contributed by atoms with Crippen molar-refractivity contribution >= 4 is 25.2 Å². The SMILES string of the molecule is C[C@@]1(O)[C@H](O)[C@@H](COP(=O)(O)O)O[C@H]1N1CC(=NN)c2c(N)ncnc21. The Bertz CT molecular complexity index is 783. The van der Waals surface area contributed by atoms with E-state index < -0.39 is 38.5 Å². The summed E-state index contributed by atoms with van der Waals surface area (Å²) in [5.74, 6) is 5.83. The second-order valence-electron chi connectivity index (χ2n) is 6.15. The van der Waals surface area contributed by atoms with E-state index in [1.165, 1.54) is 18.2 Å². The fraction of sp³-hybridized carbons (Fsp3) is 0.583. The highest BCUT2D eigenvalue weighted by atomic mass is 31.2. The number of anilines is 2. The third kappa shape index (κ3) is 3.14. The molecule has 26 heavy (non-hydrogen) atoms. The van der Waals surface area contributed by atoms with Crippen molar-refractivity contribution < 1.29 is 33.8 Å². The molecule has 1 saturated heterocycles. The summed E-state index contributed by atoms with van der Waals surface area (Å²) in [6.07, 6.45) is -2.59. The number of nitrogens with two attached hydrogens (primary N) is 2. The standard InChI is InChI=1S/C12H19N6O7P/c1-12(20)8(19)6(3-24-26(21,22)23)25-11(12)18-2-5(17-14)7-9(13)15-4-16-10(7)18/h4,6,8,11,19-20H,2-3,14H2,1H3,(H2,13,15,16)(H2,21,22,23)/t6-,8-,11-,12-/m1/s1. The Morgan fingerprint density at radius 3 is 2.85 bits per heavy atom. The van der Waals surface area contributed by atoms with Gasteiger partial charge in [0.25, 0.3) is 0 Å². The van der Waals surface area contributed by atoms with Gasteiger partial charge in [0.05, 0.1) is 24.4 Å². The lowest BCUT2D eigenvalue weighted by molar-refractivity contribution is -0.0626. The van der Waals surface area contributed by atoms with E-state index in [2.05, 4.69) is 19.6 Å². The molecule has 1 aromatic rings. The van der Waals surface area contributed by atoms with Crippen LogP contribution in [0.5, 0.6) is 0 Å². The highest BCUT2D eigenvalue weighted by Crippen LogP contribution is 2.42. The minimum atomic E-state index is -4.77. The topological polar surface area (TPSA) is 210 Å². The van der Waals surface area contributed by atoms with Crippen molar-refractivity contribution in [3.63, 3.8) is 0 Å². The van der Waals surface area contributed by atoms with E-state index in [0.717, 1.165) is 0 Å². The molecule has 0 aromatic carbocycles. The number of rotatable bonds is 4. The van der Waals surface area contributed by atoms with Crippen molar-refractivity contribution in [3.8, 4) is 0 Å². The maximum Gasteiger partial charge on any atom is 0.469 e. The Morgan fingerprint density at radius 1 is 1.54 bits per heavy atom. The van der Waals surface area contributed by atoms with Crippen molar-refractivity contribution in [2.75, 3.05) is 23.8 Å². The summed E-state index contributed by atoms with van der Waals surface area (Å²) < 4.78 is 20.9. The highest BCUT2D eigenvalue weighted by Gasteiger charge is 2.56. The Morgan fingerprint density at radius 2 is 2.23 bits per heavy atom. The molecule has 0 bridgehead atoms. The van der Waals surface area contributed by atoms with Gasteiger partial charge in [-0.05, 0) is 6.92 Å². The third-order valence-electron chi connectivity index (χ3n) is 4.34. The molecular formula is C12H19N6O7P. The molecule has 0 spiro atoms. The zero-order valence-corrected chi connectivity index (χ0v) is 14.5. The Balaban J connectivity index is 1.90. The van der Waals surface area contributed by atoms with Crippen molar-refractivity contribution in [2.45, 2.75) is 31.0 Å². The first kappa shape index (κ1) is 18.9. The maximum atomic E-state index is 10.9. The number of phosphoric acid groups is 1. The van der Waals surface area contributed by atoms with Crippen molar-refractivity contribution in [3.05, 3.63) is 11.9 Å². The number of hydrogen-bond acceptors (Lipinski definition) is 11. The van der Waals surface area contributed by atoms with Gasteiger partial charge in [0, 0.05) is 0 Å². The van der Waals surface area contributed by atoms with Crippen molar-refractivity contribution in [2.24, 2.45) is 10.9 Å². The van der Waals surface area contributed by atoms with Gasteiger partial charge in [-0.15, -0.1) is 0 Å². The molecule has 144 valence electrons. The van der Waals surface area contributed by atoms with Gasteiger partial charge in [-0.25, -0.2) is 14.5 Å². The number of nitrogen functional groups attached to an aromatic ring is 1. The van der Waals surface area contributed by atoms with Crippen LogP contribution in [-0.4, -0.2) is 72.9 Å². The number of aromatic nitrogens is 2. The molecule has 1 fully saturated rings. The molecule has 0 unspecified atom stereocenters. The van der Waals surface area contributed by atoms with Gasteiger partial charge >= 0.3 is 7.82 Å². The minimum Gasteiger partial charge on any atom is -0.387 e. The molecule has 3 rings (SSSR count). The molecule has 13 nitrogen and oxygen atoms in total. The van der Waals surface area contributed by atoms with Crippen LogP contribution >= 0.6 is 7.82 Å². The molecule has 1 aromatic heterocycles. The van der Waals surface area contributed by atoms with Crippen LogP contribution in [0.25, 0.3) is 0 Å². The quantitative estimate of drug-likeness (QED) is 0.179. The van der Waals surface area contributed by atoms with Crippen LogP contribution in [0.4, 0.5) is 11.6 Å². The van der Waals surface area contributed by atoms with Crippen LogP contribution in [0.3, 0.4) is 0 Å². The van der Waals surface area contributed by atoms with Gasteiger partial charge in [-0.1, -0.05) is 0 Å². The lowest BCUT2D eigenvalue weighted by Crippen LogP contribution is -2.53. The van der Waals surface area contributed by atoms with Crippen LogP contribution in [0.1, 0.15) is 12.5 Å². The normalized spacial score (nSPS) is 33.0. The van der Waals surface area contributed by atoms with Crippen molar-refractivity contribution in [1.82, 2.24) is 9.97 Å². The first-order chi connectivity index (χ1) is 12.1. The first-order valence-corrected chi connectivity index (χ1v) is 8.99. The number of ether oxygens (including phenoxy) is 1. The van der Waals surface area contributed by atoms with Gasteiger partial charge in [0.1, 0.15) is 35.8 Å². The number of aliphatic hydroxyl groups excluding tert-OH is 1. The minimum absolute atomic E-state index is 0.0777. The van der Waals surface area contributed by atoms with E-state index in [-0.39, 0.29) is 12.4 Å². The number of hydrazone groups is 1. The summed E-state index contributed by atoms with van der Waals surface area (Å²) in [4.78, 5) is 27.1. The summed E-state index contributed by atoms with van der Waals surface area (Å²) in [7, 11) is -4.77. The molecule has 0 radical (unpaired) electrons. The summed E-state index contributed by atoms with van der Waals surface area (Å²) in [5, 5.41) is 24.7. The van der Waals surface area contributed by atoms with E-state index in [0.29, 0.717) is 17.1 Å². The molecule has 14 heteroatoms. The van der Waals surface area contributed by atoms with Gasteiger partial charge in [-0.2, -0.15) is 5.10 Å². The fourth-order valence-corrected chi connectivity index (χ4v) is 3.43. The molecule has 2 aliphatic heterocycles. The predicted molar refractivity (Wildman–Crippen MR) is 87.8 cm³/mol. The van der Waals surface area contributed by atoms with E-state index in [9.17, 15) is 14.8 Å². The summed E-state index contributed by atoms with van der Waals surface area (Å²) in [6, 6.07) is 0. The smallest absolute Gasteiger partial charge is 0.387 e. The molecule has 0 aliphatic carbocycles. The summed E-state index contributed by atoms with van der Waals surface area (Å²) in [5.41, 5.74) is 4.78. The zero-order chi connectivity index (χ0) is 19.3. The Kier molecular flexibility index (Phi) is 4.65. The number of hydrogen-bond donors (Lipinski definition) is 6. The second-order valence-corrected chi connectivity index (χ2v) is 7.38. The second kappa shape index (κ2) is 6.39. The molecule has 8 N–H and O–H groups in total. The number of phosphoric ester groups is 1. The van der Waals surface area contributed by atoms with Crippen LogP contribution in [0.15, 0.2) is 11.4 Å². The maximum absolute atomic E-state index is 10.9. The average molecular weight is 390 g/mol. The van der Waals surface area contributed by atoms with Gasteiger partial charge in [-0.3, -0.25) is 4.52 Å². The Hall–Kier alpha value is -1.86.